The van der Waals surface area contributed by atoms with E-state index in [1.54, 1.807) is 0 Å². The highest BCUT2D eigenvalue weighted by Gasteiger charge is 2.18. The molecule has 0 aliphatic heterocycles. The molecule has 3 aromatic rings. The van der Waals surface area contributed by atoms with Crippen molar-refractivity contribution in [1.82, 2.24) is 19.9 Å². The van der Waals surface area contributed by atoms with Gasteiger partial charge in [-0.05, 0) is 12.1 Å². The third kappa shape index (κ3) is 1.99. The third-order valence-corrected chi connectivity index (χ3v) is 3.20. The Morgan fingerprint density at radius 1 is 1.15 bits per heavy atom. The summed E-state index contributed by atoms with van der Waals surface area (Å²) in [7, 11) is 0. The van der Waals surface area contributed by atoms with Gasteiger partial charge in [-0.1, -0.05) is 23.2 Å². The quantitative estimate of drug-likeness (QED) is 0.673. The normalized spacial score (nSPS) is 10.9. The number of nitrogens with one attached hydrogen (secondary N) is 1. The summed E-state index contributed by atoms with van der Waals surface area (Å²) >= 11 is 11.7. The highest BCUT2D eigenvalue weighted by atomic mass is 35.5. The first-order valence-corrected chi connectivity index (χ1v) is 6.22. The fraction of sp³-hybridized carbons (Fsp3) is 0. The Bertz CT molecular complexity index is 879. The molecule has 6 nitrogen and oxygen atoms in total. The number of rotatable bonds is 1. The van der Waals surface area contributed by atoms with E-state index in [0.717, 1.165) is 0 Å². The molecule has 3 rings (SSSR count). The predicted octanol–water partition coefficient (Wildman–Crippen LogP) is 2.39. The van der Waals surface area contributed by atoms with Gasteiger partial charge in [0.25, 0.3) is 5.56 Å². The number of H-pyrrole nitrogens is 1. The molecule has 100 valence electrons. The Balaban J connectivity index is 2.39. The van der Waals surface area contributed by atoms with Crippen molar-refractivity contribution in [1.29, 1.82) is 0 Å². The summed E-state index contributed by atoms with van der Waals surface area (Å²) in [5, 5.41) is 10.4. The molecule has 0 aromatic carbocycles. The highest BCUT2D eigenvalue weighted by molar-refractivity contribution is 6.34. The summed E-state index contributed by atoms with van der Waals surface area (Å²) in [6.07, 6.45) is 2.82. The van der Waals surface area contributed by atoms with E-state index in [1.165, 1.54) is 24.5 Å². The zero-order valence-electron chi connectivity index (χ0n) is 9.76. The number of hydrogen-bond acceptors (Lipinski definition) is 5. The van der Waals surface area contributed by atoms with Crippen molar-refractivity contribution in [2.45, 2.75) is 0 Å². The molecule has 0 bridgehead atoms. The summed E-state index contributed by atoms with van der Waals surface area (Å²) < 4.78 is 0. The van der Waals surface area contributed by atoms with Crippen LogP contribution in [-0.2, 0) is 0 Å². The minimum Gasteiger partial charge on any atom is -0.505 e. The zero-order valence-corrected chi connectivity index (χ0v) is 11.3. The molecule has 0 saturated carbocycles. The highest BCUT2D eigenvalue weighted by Crippen LogP contribution is 2.33. The van der Waals surface area contributed by atoms with E-state index in [-0.39, 0.29) is 38.3 Å². The Morgan fingerprint density at radius 3 is 2.65 bits per heavy atom. The summed E-state index contributed by atoms with van der Waals surface area (Å²) in [6, 6.07) is 2.98. The molecule has 0 unspecified atom stereocenters. The molecule has 0 spiro atoms. The van der Waals surface area contributed by atoms with Crippen molar-refractivity contribution < 1.29 is 5.11 Å². The smallest absolute Gasteiger partial charge is 0.261 e. The minimum atomic E-state index is -0.540. The third-order valence-electron chi connectivity index (χ3n) is 2.70. The molecule has 0 saturated heterocycles. The average Bonchev–Trinajstić information content (AvgIpc) is 2.41. The fourth-order valence-electron chi connectivity index (χ4n) is 1.85. The van der Waals surface area contributed by atoms with Crippen LogP contribution in [0.2, 0.25) is 10.3 Å². The van der Waals surface area contributed by atoms with Crippen LogP contribution in [0.15, 0.2) is 29.3 Å². The van der Waals surface area contributed by atoms with Gasteiger partial charge in [-0.2, -0.15) is 0 Å². The van der Waals surface area contributed by atoms with Gasteiger partial charge in [-0.15, -0.1) is 0 Å². The van der Waals surface area contributed by atoms with Gasteiger partial charge in [-0.3, -0.25) is 4.79 Å². The lowest BCUT2D eigenvalue weighted by atomic mass is 10.1. The SMILES string of the molecule is O=c1[nH]c2nccnc2c(O)c1-c1ccc(Cl)nc1Cl. The first kappa shape index (κ1) is 12.8. The van der Waals surface area contributed by atoms with Crippen molar-refractivity contribution >= 4 is 34.4 Å². The van der Waals surface area contributed by atoms with Crippen LogP contribution in [0, 0.1) is 0 Å². The number of hydrogen-bond donors (Lipinski definition) is 2. The summed E-state index contributed by atoms with van der Waals surface area (Å²) in [5.74, 6) is -0.303. The number of aromatic amines is 1. The van der Waals surface area contributed by atoms with Gasteiger partial charge in [0.15, 0.2) is 11.4 Å². The molecule has 3 heterocycles. The van der Waals surface area contributed by atoms with Crippen molar-refractivity contribution in [2.24, 2.45) is 0 Å². The molecule has 0 aliphatic rings. The average molecular weight is 309 g/mol. The van der Waals surface area contributed by atoms with E-state index >= 15 is 0 Å². The summed E-state index contributed by atoms with van der Waals surface area (Å²) in [4.78, 5) is 26.4. The van der Waals surface area contributed by atoms with Crippen LogP contribution in [0.5, 0.6) is 5.75 Å². The van der Waals surface area contributed by atoms with Crippen LogP contribution < -0.4 is 5.56 Å². The molecule has 0 atom stereocenters. The van der Waals surface area contributed by atoms with Crippen molar-refractivity contribution in [2.75, 3.05) is 0 Å². The molecular weight excluding hydrogens is 303 g/mol. The number of pyridine rings is 2. The Labute approximate surface area is 122 Å². The second-order valence-corrected chi connectivity index (χ2v) is 4.65. The van der Waals surface area contributed by atoms with E-state index in [0.29, 0.717) is 0 Å². The standard InChI is InChI=1S/C12H6Cl2N4O2/c13-6-2-1-5(10(14)17-6)7-9(19)8-11(18-12(7)20)16-4-3-15-8/h1-4H,(H2,16,18,19,20). The molecule has 0 fully saturated rings. The Morgan fingerprint density at radius 2 is 1.90 bits per heavy atom. The second-order valence-electron chi connectivity index (χ2n) is 3.90. The lowest BCUT2D eigenvalue weighted by Gasteiger charge is -2.07. The molecular formula is C12H6Cl2N4O2. The van der Waals surface area contributed by atoms with Crippen LogP contribution in [0.25, 0.3) is 22.3 Å². The van der Waals surface area contributed by atoms with Gasteiger partial charge < -0.3 is 10.1 Å². The topological polar surface area (TPSA) is 91.8 Å². The molecule has 0 aliphatic carbocycles. The van der Waals surface area contributed by atoms with Gasteiger partial charge in [0, 0.05) is 18.0 Å². The number of aromatic hydroxyl groups is 1. The lowest BCUT2D eigenvalue weighted by molar-refractivity contribution is 0.481. The van der Waals surface area contributed by atoms with Crippen LogP contribution in [0.1, 0.15) is 0 Å². The van der Waals surface area contributed by atoms with Gasteiger partial charge in [0.1, 0.15) is 15.8 Å². The number of aromatic nitrogens is 4. The lowest BCUT2D eigenvalue weighted by Crippen LogP contribution is -2.11. The monoisotopic (exact) mass is 308 g/mol. The molecule has 2 N–H and O–H groups in total. The minimum absolute atomic E-state index is 0.0153. The maximum Gasteiger partial charge on any atom is 0.261 e. The van der Waals surface area contributed by atoms with E-state index in [1.807, 2.05) is 0 Å². The summed E-state index contributed by atoms with van der Waals surface area (Å²) in [6.45, 7) is 0. The predicted molar refractivity (Wildman–Crippen MR) is 75.1 cm³/mol. The fourth-order valence-corrected chi connectivity index (χ4v) is 2.29. The molecule has 3 aromatic heterocycles. The van der Waals surface area contributed by atoms with Gasteiger partial charge >= 0.3 is 0 Å². The molecule has 20 heavy (non-hydrogen) atoms. The molecule has 8 heteroatoms. The Kier molecular flexibility index (Phi) is 3.04. The van der Waals surface area contributed by atoms with Crippen molar-refractivity contribution in [3.05, 3.63) is 45.2 Å². The van der Waals surface area contributed by atoms with Gasteiger partial charge in [0.2, 0.25) is 0 Å². The van der Waals surface area contributed by atoms with Crippen LogP contribution in [0.4, 0.5) is 0 Å². The summed E-state index contributed by atoms with van der Waals surface area (Å²) in [5.41, 5.74) is 0.0703. The number of nitrogens with zero attached hydrogens (tertiary/aromatic N) is 3. The Hall–Kier alpha value is -2.18. The zero-order chi connectivity index (χ0) is 14.3. The first-order chi connectivity index (χ1) is 9.58. The van der Waals surface area contributed by atoms with Gasteiger partial charge in [0.05, 0.1) is 5.56 Å². The second kappa shape index (κ2) is 4.73. The number of fused-ring (bicyclic) bond motifs is 1. The molecule has 0 radical (unpaired) electrons. The van der Waals surface area contributed by atoms with Crippen molar-refractivity contribution in [3.8, 4) is 16.9 Å². The van der Waals surface area contributed by atoms with Gasteiger partial charge in [-0.25, -0.2) is 15.0 Å². The maximum atomic E-state index is 12.1. The van der Waals surface area contributed by atoms with Crippen molar-refractivity contribution in [3.63, 3.8) is 0 Å². The van der Waals surface area contributed by atoms with Crippen LogP contribution in [-0.4, -0.2) is 25.0 Å². The van der Waals surface area contributed by atoms with E-state index in [4.69, 9.17) is 23.2 Å². The van der Waals surface area contributed by atoms with E-state index in [9.17, 15) is 9.90 Å². The van der Waals surface area contributed by atoms with Crippen LogP contribution in [0.3, 0.4) is 0 Å². The first-order valence-electron chi connectivity index (χ1n) is 5.46. The van der Waals surface area contributed by atoms with Crippen LogP contribution >= 0.6 is 23.2 Å². The number of halogens is 2. The largest absolute Gasteiger partial charge is 0.505 e. The van der Waals surface area contributed by atoms with E-state index < -0.39 is 5.56 Å². The van der Waals surface area contributed by atoms with E-state index in [2.05, 4.69) is 19.9 Å². The maximum absolute atomic E-state index is 12.1. The molecule has 0 amide bonds.